The van der Waals surface area contributed by atoms with Crippen LogP contribution in [0.1, 0.15) is 34.1 Å². The van der Waals surface area contributed by atoms with Gasteiger partial charge in [-0.25, -0.2) is 9.18 Å². The fraction of sp³-hybridized carbons (Fsp3) is 0.235. The zero-order valence-corrected chi connectivity index (χ0v) is 12.8. The molecule has 0 saturated heterocycles. The molecular weight excluding hydrogens is 287 g/mol. The Labute approximate surface area is 126 Å². The van der Waals surface area contributed by atoms with Crippen molar-refractivity contribution in [2.24, 2.45) is 0 Å². The highest BCUT2D eigenvalue weighted by Gasteiger charge is 2.11. The fourth-order valence-corrected chi connectivity index (χ4v) is 3.39. The number of aromatic carboxylic acids is 1. The van der Waals surface area contributed by atoms with Crippen LogP contribution in [-0.2, 0) is 6.42 Å². The van der Waals surface area contributed by atoms with Gasteiger partial charge in [0.15, 0.2) is 0 Å². The molecule has 0 atom stereocenters. The number of benzene rings is 1. The van der Waals surface area contributed by atoms with Crippen LogP contribution in [0.2, 0.25) is 0 Å². The van der Waals surface area contributed by atoms with Gasteiger partial charge in [0.1, 0.15) is 10.7 Å². The Kier molecular flexibility index (Phi) is 4.91. The molecule has 21 heavy (non-hydrogen) atoms. The van der Waals surface area contributed by atoms with Crippen LogP contribution in [0, 0.1) is 12.7 Å². The van der Waals surface area contributed by atoms with E-state index in [1.807, 2.05) is 32.1 Å². The van der Waals surface area contributed by atoms with Gasteiger partial charge in [-0.2, -0.15) is 0 Å². The predicted molar refractivity (Wildman–Crippen MR) is 84.6 cm³/mol. The van der Waals surface area contributed by atoms with Gasteiger partial charge in [0, 0.05) is 4.53 Å². The van der Waals surface area contributed by atoms with Crippen LogP contribution >= 0.6 is 11.3 Å². The van der Waals surface area contributed by atoms with Crippen molar-refractivity contribution in [1.29, 1.82) is 0 Å². The van der Waals surface area contributed by atoms with E-state index >= 15 is 0 Å². The predicted octanol–water partition coefficient (Wildman–Crippen LogP) is 3.11. The first kappa shape index (κ1) is 15.4. The summed E-state index contributed by atoms with van der Waals surface area (Å²) in [5, 5.41) is 10.2. The third-order valence-electron chi connectivity index (χ3n) is 3.24. The molecule has 0 unspecified atom stereocenters. The SMILES string of the molecule is CCC=c1sc(C(=O)O)c(C)c1=CCc1cccc(F)c1. The number of halogens is 1. The number of hydrogen-bond acceptors (Lipinski definition) is 2. The van der Waals surface area contributed by atoms with Gasteiger partial charge >= 0.3 is 5.97 Å². The van der Waals surface area contributed by atoms with Crippen molar-refractivity contribution in [3.8, 4) is 0 Å². The van der Waals surface area contributed by atoms with Gasteiger partial charge in [0.05, 0.1) is 0 Å². The normalized spacial score (nSPS) is 12.9. The molecule has 0 radical (unpaired) electrons. The summed E-state index contributed by atoms with van der Waals surface area (Å²) >= 11 is 1.30. The fourth-order valence-electron chi connectivity index (χ4n) is 2.23. The molecule has 2 aromatic rings. The first-order valence-corrected chi connectivity index (χ1v) is 7.62. The first-order valence-electron chi connectivity index (χ1n) is 6.80. The van der Waals surface area contributed by atoms with Crippen LogP contribution in [-0.4, -0.2) is 11.1 Å². The van der Waals surface area contributed by atoms with Crippen molar-refractivity contribution >= 4 is 29.5 Å². The van der Waals surface area contributed by atoms with Gasteiger partial charge < -0.3 is 5.11 Å². The molecular formula is C17H17FO2S. The monoisotopic (exact) mass is 304 g/mol. The molecule has 2 rings (SSSR count). The molecule has 1 aromatic carbocycles. The summed E-state index contributed by atoms with van der Waals surface area (Å²) in [5.41, 5.74) is 1.66. The lowest BCUT2D eigenvalue weighted by atomic mass is 10.1. The molecule has 2 nitrogen and oxygen atoms in total. The van der Waals surface area contributed by atoms with Crippen molar-refractivity contribution < 1.29 is 14.3 Å². The van der Waals surface area contributed by atoms with Crippen LogP contribution in [0.15, 0.2) is 24.3 Å². The van der Waals surface area contributed by atoms with E-state index in [0.717, 1.165) is 27.3 Å². The minimum atomic E-state index is -0.895. The molecule has 0 aliphatic heterocycles. The Balaban J connectivity index is 2.49. The Morgan fingerprint density at radius 3 is 2.76 bits per heavy atom. The first-order chi connectivity index (χ1) is 10.0. The van der Waals surface area contributed by atoms with E-state index in [9.17, 15) is 14.3 Å². The van der Waals surface area contributed by atoms with Crippen molar-refractivity contribution in [1.82, 2.24) is 0 Å². The van der Waals surface area contributed by atoms with Gasteiger partial charge in [-0.05, 0) is 48.2 Å². The zero-order chi connectivity index (χ0) is 15.4. The second-order valence-corrected chi connectivity index (χ2v) is 5.84. The van der Waals surface area contributed by atoms with Crippen LogP contribution in [0.25, 0.3) is 12.2 Å². The lowest BCUT2D eigenvalue weighted by Gasteiger charge is -1.96. The maximum Gasteiger partial charge on any atom is 0.346 e. The molecule has 4 heteroatoms. The number of thiophene rings is 1. The number of rotatable bonds is 4. The second kappa shape index (κ2) is 6.68. The Morgan fingerprint density at radius 2 is 2.14 bits per heavy atom. The van der Waals surface area contributed by atoms with Crippen LogP contribution in [0.4, 0.5) is 4.39 Å². The molecule has 0 fully saturated rings. The highest BCUT2D eigenvalue weighted by atomic mass is 32.1. The van der Waals surface area contributed by atoms with Gasteiger partial charge in [0.25, 0.3) is 0 Å². The quantitative estimate of drug-likeness (QED) is 0.942. The molecule has 0 bridgehead atoms. The third-order valence-corrected chi connectivity index (χ3v) is 4.53. The largest absolute Gasteiger partial charge is 0.477 e. The molecule has 0 saturated carbocycles. The Hall–Kier alpha value is -1.94. The van der Waals surface area contributed by atoms with Gasteiger partial charge in [-0.15, -0.1) is 11.3 Å². The highest BCUT2D eigenvalue weighted by Crippen LogP contribution is 2.09. The lowest BCUT2D eigenvalue weighted by molar-refractivity contribution is 0.0701. The van der Waals surface area contributed by atoms with Gasteiger partial charge in [0.2, 0.25) is 0 Å². The van der Waals surface area contributed by atoms with Crippen molar-refractivity contribution in [2.45, 2.75) is 26.7 Å². The van der Waals surface area contributed by atoms with Crippen LogP contribution < -0.4 is 9.75 Å². The number of carboxylic acid groups (broad SMARTS) is 1. The second-order valence-electron chi connectivity index (χ2n) is 4.79. The Bertz CT molecular complexity index is 775. The summed E-state index contributed by atoms with van der Waals surface area (Å²) in [7, 11) is 0. The summed E-state index contributed by atoms with van der Waals surface area (Å²) in [6, 6.07) is 6.46. The van der Waals surface area contributed by atoms with Crippen molar-refractivity contribution in [3.05, 3.63) is 55.8 Å². The van der Waals surface area contributed by atoms with Gasteiger partial charge in [-0.3, -0.25) is 0 Å². The molecule has 0 aliphatic rings. The smallest absolute Gasteiger partial charge is 0.346 e. The van der Waals surface area contributed by atoms with E-state index in [1.54, 1.807) is 6.07 Å². The van der Waals surface area contributed by atoms with Crippen molar-refractivity contribution in [3.63, 3.8) is 0 Å². The number of carbonyl (C=O) groups is 1. The van der Waals surface area contributed by atoms with Crippen LogP contribution in [0.3, 0.4) is 0 Å². The maximum absolute atomic E-state index is 13.2. The zero-order valence-electron chi connectivity index (χ0n) is 12.0. The van der Waals surface area contributed by atoms with Crippen molar-refractivity contribution in [2.75, 3.05) is 0 Å². The summed E-state index contributed by atoms with van der Waals surface area (Å²) < 4.78 is 14.2. The molecule has 1 aromatic heterocycles. The molecule has 0 aliphatic carbocycles. The summed E-state index contributed by atoms with van der Waals surface area (Å²) in [4.78, 5) is 11.6. The van der Waals surface area contributed by atoms with Crippen LogP contribution in [0.5, 0.6) is 0 Å². The molecule has 0 amide bonds. The molecule has 1 heterocycles. The standard InChI is InChI=1S/C17H17FO2S/c1-3-5-15-14(11(2)16(21-15)17(19)20)9-8-12-6-4-7-13(18)10-12/h4-7,9-10H,3,8H2,1-2H3,(H,19,20). The average molecular weight is 304 g/mol. The average Bonchev–Trinajstić information content (AvgIpc) is 2.74. The molecule has 0 spiro atoms. The van der Waals surface area contributed by atoms with E-state index in [-0.39, 0.29) is 5.82 Å². The van der Waals surface area contributed by atoms with Gasteiger partial charge in [-0.1, -0.05) is 31.2 Å². The highest BCUT2D eigenvalue weighted by molar-refractivity contribution is 7.12. The summed E-state index contributed by atoms with van der Waals surface area (Å²) in [6.45, 7) is 3.84. The van der Waals surface area contributed by atoms with E-state index in [2.05, 4.69) is 0 Å². The van der Waals surface area contributed by atoms with E-state index < -0.39 is 5.97 Å². The number of carboxylic acids is 1. The van der Waals surface area contributed by atoms with E-state index in [0.29, 0.717) is 11.3 Å². The van der Waals surface area contributed by atoms with E-state index in [4.69, 9.17) is 0 Å². The topological polar surface area (TPSA) is 37.3 Å². The minimum Gasteiger partial charge on any atom is -0.477 e. The maximum atomic E-state index is 13.2. The Morgan fingerprint density at radius 1 is 1.38 bits per heavy atom. The minimum absolute atomic E-state index is 0.255. The summed E-state index contributed by atoms with van der Waals surface area (Å²) in [5.74, 6) is -1.15. The lowest BCUT2D eigenvalue weighted by Crippen LogP contribution is -2.21. The summed E-state index contributed by atoms with van der Waals surface area (Å²) in [6.07, 6.45) is 5.44. The third kappa shape index (κ3) is 3.58. The van der Waals surface area contributed by atoms with E-state index in [1.165, 1.54) is 23.5 Å². The molecule has 1 N–H and O–H groups in total. The number of hydrogen-bond donors (Lipinski definition) is 1. The molecule has 110 valence electrons.